The number of allylic oxidation sites excluding steroid dienone is 4. The molecule has 0 radical (unpaired) electrons. The molecule has 0 aliphatic heterocycles. The van der Waals surface area contributed by atoms with Crippen molar-refractivity contribution in [2.24, 2.45) is 5.10 Å². The van der Waals surface area contributed by atoms with Crippen molar-refractivity contribution in [3.8, 4) is 0 Å². The van der Waals surface area contributed by atoms with E-state index in [4.69, 9.17) is 11.6 Å². The summed E-state index contributed by atoms with van der Waals surface area (Å²) in [5.41, 5.74) is 4.42. The number of carbonyl (C=O) groups is 1. The number of nitrogens with one attached hydrogen (secondary N) is 1. The highest BCUT2D eigenvalue weighted by molar-refractivity contribution is 6.30. The molecule has 3 nitrogen and oxygen atoms in total. The van der Waals surface area contributed by atoms with Gasteiger partial charge in [0.05, 0.1) is 11.4 Å². The zero-order valence-electron chi connectivity index (χ0n) is 8.35. The highest BCUT2D eigenvalue weighted by Crippen LogP contribution is 2.13. The molecule has 0 atom stereocenters. The smallest absolute Gasteiger partial charge is 0.178 e. The monoisotopic (exact) mass is 232 g/mol. The zero-order chi connectivity index (χ0) is 11.4. The van der Waals surface area contributed by atoms with Crippen molar-refractivity contribution in [2.45, 2.75) is 0 Å². The molecule has 0 bridgehead atoms. The number of hydrogen-bond acceptors (Lipinski definition) is 3. The number of nitrogens with zero attached hydrogens (tertiary/aromatic N) is 1. The Morgan fingerprint density at radius 2 is 1.62 bits per heavy atom. The van der Waals surface area contributed by atoms with Gasteiger partial charge in [0.2, 0.25) is 0 Å². The molecule has 0 saturated heterocycles. The second-order valence-corrected chi connectivity index (χ2v) is 3.66. The molecule has 1 N–H and O–H groups in total. The summed E-state index contributed by atoms with van der Waals surface area (Å²) in [6.07, 6.45) is 6.27. The van der Waals surface area contributed by atoms with E-state index in [-0.39, 0.29) is 5.78 Å². The third-order valence-corrected chi connectivity index (χ3v) is 2.25. The van der Waals surface area contributed by atoms with Crippen LogP contribution in [0, 0.1) is 0 Å². The van der Waals surface area contributed by atoms with Gasteiger partial charge in [0.25, 0.3) is 0 Å². The molecule has 1 aliphatic rings. The van der Waals surface area contributed by atoms with Gasteiger partial charge in [-0.3, -0.25) is 10.2 Å². The van der Waals surface area contributed by atoms with Crippen LogP contribution in [-0.4, -0.2) is 11.5 Å². The number of hydrogen-bond donors (Lipinski definition) is 1. The Morgan fingerprint density at radius 1 is 1.00 bits per heavy atom. The van der Waals surface area contributed by atoms with E-state index in [9.17, 15) is 4.79 Å². The van der Waals surface area contributed by atoms with Gasteiger partial charge in [0.15, 0.2) is 5.78 Å². The van der Waals surface area contributed by atoms with Gasteiger partial charge >= 0.3 is 0 Å². The van der Waals surface area contributed by atoms with E-state index in [0.717, 1.165) is 5.69 Å². The summed E-state index contributed by atoms with van der Waals surface area (Å²) in [5.74, 6) is -0.0227. The molecule has 0 fully saturated rings. The first kappa shape index (κ1) is 10.6. The summed E-state index contributed by atoms with van der Waals surface area (Å²) >= 11 is 5.75. The van der Waals surface area contributed by atoms with Crippen LogP contribution in [0.3, 0.4) is 0 Å². The van der Waals surface area contributed by atoms with Crippen molar-refractivity contribution in [1.82, 2.24) is 0 Å². The van der Waals surface area contributed by atoms with Gasteiger partial charge in [-0.25, -0.2) is 0 Å². The van der Waals surface area contributed by atoms with Crippen molar-refractivity contribution < 1.29 is 4.79 Å². The van der Waals surface area contributed by atoms with E-state index in [2.05, 4.69) is 10.5 Å². The fraction of sp³-hybridized carbons (Fsp3) is 0. The minimum Gasteiger partial charge on any atom is -0.290 e. The van der Waals surface area contributed by atoms with Gasteiger partial charge in [0, 0.05) is 5.02 Å². The van der Waals surface area contributed by atoms with Crippen molar-refractivity contribution >= 4 is 28.8 Å². The standard InChI is InChI=1S/C12H9ClN2O/c13-9-1-3-10(4-2-9)14-15-11-5-7-12(16)8-6-11/h1-8,14H. The molecule has 0 aromatic heterocycles. The van der Waals surface area contributed by atoms with E-state index in [0.29, 0.717) is 10.7 Å². The maximum absolute atomic E-state index is 10.9. The van der Waals surface area contributed by atoms with Gasteiger partial charge in [-0.1, -0.05) is 11.6 Å². The summed E-state index contributed by atoms with van der Waals surface area (Å²) in [7, 11) is 0. The Bertz CT molecular complexity index is 468. The van der Waals surface area contributed by atoms with Crippen molar-refractivity contribution in [3.63, 3.8) is 0 Å². The number of ketones is 1. The number of carbonyl (C=O) groups excluding carboxylic acids is 1. The molecule has 1 aliphatic carbocycles. The predicted molar refractivity (Wildman–Crippen MR) is 65.8 cm³/mol. The molecule has 1 aromatic carbocycles. The largest absolute Gasteiger partial charge is 0.290 e. The summed E-state index contributed by atoms with van der Waals surface area (Å²) < 4.78 is 0. The van der Waals surface area contributed by atoms with Gasteiger partial charge in [-0.2, -0.15) is 5.10 Å². The van der Waals surface area contributed by atoms with Crippen LogP contribution in [0.2, 0.25) is 5.02 Å². The first-order valence-electron chi connectivity index (χ1n) is 4.73. The Hall–Kier alpha value is -1.87. The second-order valence-electron chi connectivity index (χ2n) is 3.22. The molecule has 16 heavy (non-hydrogen) atoms. The lowest BCUT2D eigenvalue weighted by Gasteiger charge is -2.02. The van der Waals surface area contributed by atoms with Crippen LogP contribution in [0.5, 0.6) is 0 Å². The molecule has 0 amide bonds. The minimum atomic E-state index is -0.0227. The minimum absolute atomic E-state index is 0.0227. The van der Waals surface area contributed by atoms with Crippen molar-refractivity contribution in [3.05, 3.63) is 53.6 Å². The Morgan fingerprint density at radius 3 is 2.25 bits per heavy atom. The molecule has 80 valence electrons. The number of rotatable bonds is 2. The van der Waals surface area contributed by atoms with Crippen LogP contribution in [-0.2, 0) is 4.79 Å². The van der Waals surface area contributed by atoms with Crippen LogP contribution in [0.4, 0.5) is 5.69 Å². The van der Waals surface area contributed by atoms with E-state index in [1.165, 1.54) is 12.2 Å². The molecule has 0 spiro atoms. The van der Waals surface area contributed by atoms with Gasteiger partial charge < -0.3 is 0 Å². The maximum Gasteiger partial charge on any atom is 0.178 e. The Balaban J connectivity index is 2.04. The summed E-state index contributed by atoms with van der Waals surface area (Å²) in [4.78, 5) is 10.9. The number of hydrazone groups is 1. The second kappa shape index (κ2) is 4.77. The van der Waals surface area contributed by atoms with Crippen LogP contribution in [0.1, 0.15) is 0 Å². The summed E-state index contributed by atoms with van der Waals surface area (Å²) in [6, 6.07) is 7.21. The third-order valence-electron chi connectivity index (χ3n) is 2.00. The highest BCUT2D eigenvalue weighted by Gasteiger charge is 1.99. The molecule has 0 saturated carbocycles. The summed E-state index contributed by atoms with van der Waals surface area (Å²) in [5, 5.41) is 4.80. The van der Waals surface area contributed by atoms with E-state index in [1.54, 1.807) is 24.3 Å². The quantitative estimate of drug-likeness (QED) is 0.629. The fourth-order valence-electron chi connectivity index (χ4n) is 1.17. The van der Waals surface area contributed by atoms with Gasteiger partial charge in [-0.15, -0.1) is 0 Å². The number of halogens is 1. The molecule has 0 unspecified atom stereocenters. The maximum atomic E-state index is 10.9. The predicted octanol–water partition coefficient (Wildman–Crippen LogP) is 2.80. The lowest BCUT2D eigenvalue weighted by atomic mass is 10.2. The number of anilines is 1. The van der Waals surface area contributed by atoms with Crippen LogP contribution in [0.25, 0.3) is 0 Å². The molecule has 0 heterocycles. The van der Waals surface area contributed by atoms with E-state index < -0.39 is 0 Å². The molecular formula is C12H9ClN2O. The molecule has 2 rings (SSSR count). The Kier molecular flexibility index (Phi) is 3.17. The summed E-state index contributed by atoms with van der Waals surface area (Å²) in [6.45, 7) is 0. The molecule has 1 aromatic rings. The van der Waals surface area contributed by atoms with Gasteiger partial charge in [0.1, 0.15) is 0 Å². The fourth-order valence-corrected chi connectivity index (χ4v) is 1.30. The Labute approximate surface area is 98.1 Å². The average molecular weight is 233 g/mol. The third kappa shape index (κ3) is 2.81. The zero-order valence-corrected chi connectivity index (χ0v) is 9.11. The van der Waals surface area contributed by atoms with Crippen LogP contribution in [0.15, 0.2) is 53.7 Å². The van der Waals surface area contributed by atoms with Crippen LogP contribution < -0.4 is 5.43 Å². The first-order chi connectivity index (χ1) is 7.74. The lowest BCUT2D eigenvalue weighted by Crippen LogP contribution is -2.02. The SMILES string of the molecule is O=C1C=CC(=NNc2ccc(Cl)cc2)C=C1. The van der Waals surface area contributed by atoms with Crippen molar-refractivity contribution in [1.29, 1.82) is 0 Å². The average Bonchev–Trinajstić information content (AvgIpc) is 2.30. The molecule has 4 heteroatoms. The van der Waals surface area contributed by atoms with Crippen LogP contribution >= 0.6 is 11.6 Å². The highest BCUT2D eigenvalue weighted by atomic mass is 35.5. The lowest BCUT2D eigenvalue weighted by molar-refractivity contribution is -0.110. The number of benzene rings is 1. The van der Waals surface area contributed by atoms with E-state index >= 15 is 0 Å². The first-order valence-corrected chi connectivity index (χ1v) is 5.11. The topological polar surface area (TPSA) is 41.5 Å². The normalized spacial score (nSPS) is 14.1. The van der Waals surface area contributed by atoms with Crippen molar-refractivity contribution in [2.75, 3.05) is 5.43 Å². The van der Waals surface area contributed by atoms with E-state index in [1.807, 2.05) is 12.1 Å². The van der Waals surface area contributed by atoms with Gasteiger partial charge in [-0.05, 0) is 48.6 Å². The molecular weight excluding hydrogens is 224 g/mol.